The Balaban J connectivity index is 2.20. The van der Waals surface area contributed by atoms with E-state index < -0.39 is 35.6 Å². The Hall–Kier alpha value is -1.74. The molecule has 0 saturated carbocycles. The van der Waals surface area contributed by atoms with Gasteiger partial charge in [-0.2, -0.15) is 0 Å². The maximum atomic E-state index is 10.9. The quantitative estimate of drug-likeness (QED) is 0.448. The summed E-state index contributed by atoms with van der Waals surface area (Å²) in [5, 5.41) is 42.7. The van der Waals surface area contributed by atoms with E-state index in [-0.39, 0.29) is 11.4 Å². The predicted octanol–water partition coefficient (Wildman–Crippen LogP) is -0.166. The minimum absolute atomic E-state index is 0.164. The summed E-state index contributed by atoms with van der Waals surface area (Å²) < 4.78 is 5.33. The number of nitrogens with zero attached hydrogens (tertiary/aromatic N) is 1. The molecule has 0 radical (unpaired) electrons. The zero-order chi connectivity index (χ0) is 14.9. The van der Waals surface area contributed by atoms with Crippen molar-refractivity contribution in [3.8, 4) is 0 Å². The van der Waals surface area contributed by atoms with Crippen LogP contribution in [-0.4, -0.2) is 50.9 Å². The summed E-state index contributed by atoms with van der Waals surface area (Å²) in [7, 11) is 0. The molecular weight excluding hydrogens is 268 g/mol. The van der Waals surface area contributed by atoms with Gasteiger partial charge in [-0.15, -0.1) is 0 Å². The number of hydrogen-bond donors (Lipinski definition) is 4. The summed E-state index contributed by atoms with van der Waals surface area (Å²) >= 11 is 0. The Morgan fingerprint density at radius 1 is 1.20 bits per heavy atom. The number of nitro groups is 1. The number of ether oxygens (including phenoxy) is 1. The third-order valence-electron chi connectivity index (χ3n) is 3.25. The smallest absolute Gasteiger partial charge is 0.292 e. The third kappa shape index (κ3) is 2.73. The molecule has 20 heavy (non-hydrogen) atoms. The van der Waals surface area contributed by atoms with Gasteiger partial charge in [0.25, 0.3) is 5.69 Å². The molecule has 1 aromatic carbocycles. The molecule has 1 aliphatic heterocycles. The first-order valence-electron chi connectivity index (χ1n) is 6.11. The molecule has 0 unspecified atom stereocenters. The average Bonchev–Trinajstić information content (AvgIpc) is 2.43. The van der Waals surface area contributed by atoms with Crippen LogP contribution in [0, 0.1) is 10.1 Å². The maximum Gasteiger partial charge on any atom is 0.292 e. The van der Waals surface area contributed by atoms with Gasteiger partial charge in [0.2, 0.25) is 0 Å². The molecule has 8 nitrogen and oxygen atoms in total. The minimum Gasteiger partial charge on any atom is -0.388 e. The zero-order valence-corrected chi connectivity index (χ0v) is 10.7. The van der Waals surface area contributed by atoms with Crippen molar-refractivity contribution < 1.29 is 25.0 Å². The van der Waals surface area contributed by atoms with Crippen molar-refractivity contribution in [2.75, 3.05) is 5.32 Å². The molecule has 8 heteroatoms. The molecule has 0 aliphatic carbocycles. The highest BCUT2D eigenvalue weighted by Gasteiger charge is 2.42. The van der Waals surface area contributed by atoms with Crippen LogP contribution in [0.15, 0.2) is 24.3 Å². The minimum atomic E-state index is -1.40. The Kier molecular flexibility index (Phi) is 4.19. The standard InChI is InChI=1S/C12H16N2O6/c1-6-9(15)10(16)11(17)12(20-6)13-7-4-2-3-5-8(7)14(18)19/h2-6,9-13,15-17H,1H3/t6-,9-,10+,11+,12-/m0/s1. The molecule has 2 rings (SSSR count). The van der Waals surface area contributed by atoms with Crippen molar-refractivity contribution in [3.05, 3.63) is 34.4 Å². The van der Waals surface area contributed by atoms with E-state index in [2.05, 4.69) is 5.32 Å². The lowest BCUT2D eigenvalue weighted by Crippen LogP contribution is -2.58. The zero-order valence-electron chi connectivity index (χ0n) is 10.7. The van der Waals surface area contributed by atoms with E-state index in [1.54, 1.807) is 6.07 Å². The second-order valence-corrected chi connectivity index (χ2v) is 4.65. The number of nitro benzene ring substituents is 1. The van der Waals surface area contributed by atoms with E-state index in [9.17, 15) is 25.4 Å². The van der Waals surface area contributed by atoms with E-state index in [1.165, 1.54) is 25.1 Å². The van der Waals surface area contributed by atoms with Crippen LogP contribution in [0.25, 0.3) is 0 Å². The van der Waals surface area contributed by atoms with Crippen LogP contribution in [-0.2, 0) is 4.74 Å². The van der Waals surface area contributed by atoms with Crippen molar-refractivity contribution in [2.45, 2.75) is 37.6 Å². The highest BCUT2D eigenvalue weighted by atomic mass is 16.6. The predicted molar refractivity (Wildman–Crippen MR) is 69.1 cm³/mol. The largest absolute Gasteiger partial charge is 0.388 e. The fraction of sp³-hybridized carbons (Fsp3) is 0.500. The van der Waals surface area contributed by atoms with Gasteiger partial charge in [0, 0.05) is 6.07 Å². The van der Waals surface area contributed by atoms with Gasteiger partial charge in [0.15, 0.2) is 6.23 Å². The van der Waals surface area contributed by atoms with Gasteiger partial charge in [-0.25, -0.2) is 0 Å². The molecule has 1 aliphatic rings. The van der Waals surface area contributed by atoms with Gasteiger partial charge in [-0.1, -0.05) is 12.1 Å². The first kappa shape index (κ1) is 14.7. The number of rotatable bonds is 3. The van der Waals surface area contributed by atoms with Crippen molar-refractivity contribution in [2.24, 2.45) is 0 Å². The van der Waals surface area contributed by atoms with Gasteiger partial charge in [-0.05, 0) is 13.0 Å². The first-order valence-corrected chi connectivity index (χ1v) is 6.11. The summed E-state index contributed by atoms with van der Waals surface area (Å²) in [6.07, 6.45) is -5.77. The fourth-order valence-electron chi connectivity index (χ4n) is 2.08. The lowest BCUT2D eigenvalue weighted by Gasteiger charge is -2.39. The summed E-state index contributed by atoms with van der Waals surface area (Å²) in [5.41, 5.74) is -0.00564. The number of para-hydroxylation sites is 2. The molecule has 1 fully saturated rings. The molecule has 4 N–H and O–H groups in total. The van der Waals surface area contributed by atoms with E-state index in [1.807, 2.05) is 0 Å². The van der Waals surface area contributed by atoms with Crippen LogP contribution < -0.4 is 5.32 Å². The van der Waals surface area contributed by atoms with Crippen LogP contribution in [0.5, 0.6) is 0 Å². The maximum absolute atomic E-state index is 10.9. The lowest BCUT2D eigenvalue weighted by atomic mass is 9.99. The Morgan fingerprint density at radius 2 is 1.85 bits per heavy atom. The van der Waals surface area contributed by atoms with Gasteiger partial charge in [0.1, 0.15) is 24.0 Å². The number of benzene rings is 1. The Labute approximate surface area is 114 Å². The number of aliphatic hydroxyl groups excluding tert-OH is 3. The molecule has 110 valence electrons. The van der Waals surface area contributed by atoms with Gasteiger partial charge in [0.05, 0.1) is 11.0 Å². The van der Waals surface area contributed by atoms with E-state index in [0.29, 0.717) is 0 Å². The van der Waals surface area contributed by atoms with Gasteiger partial charge in [-0.3, -0.25) is 10.1 Å². The second-order valence-electron chi connectivity index (χ2n) is 4.65. The average molecular weight is 284 g/mol. The second kappa shape index (κ2) is 5.71. The molecule has 0 spiro atoms. The van der Waals surface area contributed by atoms with Gasteiger partial charge >= 0.3 is 0 Å². The summed E-state index contributed by atoms with van der Waals surface area (Å²) in [6, 6.07) is 5.89. The van der Waals surface area contributed by atoms with Crippen molar-refractivity contribution in [1.29, 1.82) is 0 Å². The molecule has 1 saturated heterocycles. The van der Waals surface area contributed by atoms with Crippen molar-refractivity contribution in [3.63, 3.8) is 0 Å². The van der Waals surface area contributed by atoms with Crippen LogP contribution >= 0.6 is 0 Å². The van der Waals surface area contributed by atoms with E-state index in [0.717, 1.165) is 0 Å². The fourth-order valence-corrected chi connectivity index (χ4v) is 2.08. The number of aliphatic hydroxyl groups is 3. The number of hydrogen-bond acceptors (Lipinski definition) is 7. The van der Waals surface area contributed by atoms with Crippen LogP contribution in [0.4, 0.5) is 11.4 Å². The third-order valence-corrected chi connectivity index (χ3v) is 3.25. The van der Waals surface area contributed by atoms with Crippen LogP contribution in [0.1, 0.15) is 6.92 Å². The Morgan fingerprint density at radius 3 is 2.50 bits per heavy atom. The normalized spacial score (nSPS) is 33.7. The molecule has 0 aromatic heterocycles. The number of nitrogens with one attached hydrogen (secondary N) is 1. The Bertz CT molecular complexity index is 497. The van der Waals surface area contributed by atoms with Crippen molar-refractivity contribution >= 4 is 11.4 Å². The van der Waals surface area contributed by atoms with Crippen molar-refractivity contribution in [1.82, 2.24) is 0 Å². The van der Waals surface area contributed by atoms with Crippen LogP contribution in [0.2, 0.25) is 0 Å². The topological polar surface area (TPSA) is 125 Å². The van der Waals surface area contributed by atoms with E-state index >= 15 is 0 Å². The summed E-state index contributed by atoms with van der Waals surface area (Å²) in [5.74, 6) is 0. The monoisotopic (exact) mass is 284 g/mol. The highest BCUT2D eigenvalue weighted by molar-refractivity contribution is 5.61. The first-order chi connectivity index (χ1) is 9.41. The lowest BCUT2D eigenvalue weighted by molar-refractivity contribution is -0.384. The van der Waals surface area contributed by atoms with Gasteiger partial charge < -0.3 is 25.4 Å². The van der Waals surface area contributed by atoms with E-state index in [4.69, 9.17) is 4.74 Å². The highest BCUT2D eigenvalue weighted by Crippen LogP contribution is 2.27. The van der Waals surface area contributed by atoms with Crippen LogP contribution in [0.3, 0.4) is 0 Å². The molecule has 0 amide bonds. The summed E-state index contributed by atoms with van der Waals surface area (Å²) in [4.78, 5) is 10.3. The number of anilines is 1. The molecule has 1 heterocycles. The SMILES string of the molecule is C[C@@H]1O[C@H](Nc2ccccc2[N+](=O)[O-])[C@H](O)[C@H](O)[C@H]1O. The molecular formula is C12H16N2O6. The molecule has 5 atom stereocenters. The summed E-state index contributed by atoms with van der Waals surface area (Å²) in [6.45, 7) is 1.54. The molecule has 0 bridgehead atoms. The molecule has 1 aromatic rings.